The third-order valence-corrected chi connectivity index (χ3v) is 27.9. The fourth-order valence-electron chi connectivity index (χ4n) is 17.8. The molecule has 3 saturated heterocycles. The Bertz CT molecular complexity index is 7950. The largest absolute Gasteiger partial charge is 0.390 e. The molecule has 6 aromatic carbocycles. The zero-order valence-electron chi connectivity index (χ0n) is 78.3. The second-order valence-electron chi connectivity index (χ2n) is 35.5. The summed E-state index contributed by atoms with van der Waals surface area (Å²) in [6.07, 6.45) is 11.9. The van der Waals surface area contributed by atoms with E-state index in [9.17, 15) is 63.3 Å². The number of hydrogen-bond acceptors (Lipinski definition) is 24. The van der Waals surface area contributed by atoms with Gasteiger partial charge in [-0.15, -0.1) is 0 Å². The van der Waals surface area contributed by atoms with Crippen molar-refractivity contribution in [3.8, 4) is 0 Å². The SMILES string of the molecule is CC1(O)CCN(C(=O)C(c2ccccc2)n2cnc3[nH][nH]c(=O)c3c2=S)CC1.CC1(O)CCN(C(=O)C(c2ccccc2)n2cnc3[nH][nH]c(=O)c3c2=S)CC1.CCN(C(=O)C(c1ccccc1)n1cnc2[nH][nH]c(=O)c2c1=S)C(C)C.CN(C(=O)C(c1ccccc1)n1cnc2[nH][nH]c(=O)c2c1=S)c1ccccc1.O=C(C(c1ccccc1)n1cnc2[nH][nH]c(=O)c2c1=S)N1CCC(O)(c2ccccn2)CC1. The first-order valence-corrected chi connectivity index (χ1v) is 48.0. The van der Waals surface area contributed by atoms with Crippen LogP contribution < -0.4 is 32.7 Å². The molecule has 11 aromatic heterocycles. The maximum Gasteiger partial charge on any atom is 0.276 e. The van der Waals surface area contributed by atoms with Crippen LogP contribution >= 0.6 is 61.1 Å². The molecule has 5 atom stereocenters. The van der Waals surface area contributed by atoms with Crippen LogP contribution in [0.5, 0.6) is 0 Å². The molecule has 0 spiro atoms. The molecule has 14 heterocycles. The Balaban J connectivity index is 0.000000129. The van der Waals surface area contributed by atoms with Crippen LogP contribution in [0.25, 0.3) is 55.2 Å². The molecule has 5 unspecified atom stereocenters. The predicted molar refractivity (Wildman–Crippen MR) is 550 cm³/mol. The van der Waals surface area contributed by atoms with Crippen molar-refractivity contribution in [3.05, 3.63) is 347 Å². The minimum absolute atomic E-state index is 0.0419. The fraction of sp³-hybridized carbons (Fsp3) is 0.283. The summed E-state index contributed by atoms with van der Waals surface area (Å²) >= 11 is 27.8. The summed E-state index contributed by atoms with van der Waals surface area (Å²) in [4.78, 5) is 163. The van der Waals surface area contributed by atoms with Gasteiger partial charge in [0, 0.05) is 70.8 Å². The lowest BCUT2D eigenvalue weighted by atomic mass is 9.87. The van der Waals surface area contributed by atoms with Gasteiger partial charge in [0.05, 0.1) is 48.5 Å². The number of fused-ring (bicyclic) bond motifs is 5. The monoisotopic (exact) mass is 2020 g/mol. The average molecular weight is 2020 g/mol. The Morgan fingerprint density at radius 2 is 0.587 bits per heavy atom. The number of likely N-dealkylation sites (N-methyl/N-ethyl adjacent to an activating group) is 2. The Labute approximate surface area is 839 Å². The molecular formula is C99H102N26O13S5. The predicted octanol–water partition coefficient (Wildman–Crippen LogP) is 11.4. The third kappa shape index (κ3) is 21.4. The lowest BCUT2D eigenvalue weighted by Crippen LogP contribution is -2.48. The first-order chi connectivity index (χ1) is 68.7. The van der Waals surface area contributed by atoms with Gasteiger partial charge in [-0.1, -0.05) is 237 Å². The van der Waals surface area contributed by atoms with Crippen LogP contribution in [0.1, 0.15) is 137 Å². The van der Waals surface area contributed by atoms with E-state index in [4.69, 9.17) is 61.1 Å². The number of carbonyl (C=O) groups is 5. The summed E-state index contributed by atoms with van der Waals surface area (Å²) in [7, 11) is 1.71. The highest BCUT2D eigenvalue weighted by Gasteiger charge is 2.42. The van der Waals surface area contributed by atoms with Gasteiger partial charge in [0.2, 0.25) is 17.7 Å². The van der Waals surface area contributed by atoms with Crippen LogP contribution in [0.3, 0.4) is 0 Å². The highest BCUT2D eigenvalue weighted by Crippen LogP contribution is 2.37. The molecule has 0 radical (unpaired) electrons. The molecule has 143 heavy (non-hydrogen) atoms. The van der Waals surface area contributed by atoms with Crippen LogP contribution in [0.15, 0.2) is 262 Å². The first-order valence-electron chi connectivity index (χ1n) is 46.0. The molecule has 0 saturated carbocycles. The van der Waals surface area contributed by atoms with E-state index in [-0.39, 0.29) is 114 Å². The molecular weight excluding hydrogens is 1920 g/mol. The van der Waals surface area contributed by atoms with Gasteiger partial charge in [-0.2, -0.15) is 0 Å². The Morgan fingerprint density at radius 1 is 0.343 bits per heavy atom. The van der Waals surface area contributed by atoms with Crippen molar-refractivity contribution in [2.75, 3.05) is 57.8 Å². The Morgan fingerprint density at radius 3 is 0.846 bits per heavy atom. The summed E-state index contributed by atoms with van der Waals surface area (Å²) in [6.45, 7) is 12.6. The quantitative estimate of drug-likeness (QED) is 0.0334. The van der Waals surface area contributed by atoms with Gasteiger partial charge < -0.3 is 62.7 Å². The van der Waals surface area contributed by atoms with Crippen molar-refractivity contribution in [2.45, 2.75) is 126 Å². The molecule has 20 rings (SSSR count). The van der Waals surface area contributed by atoms with E-state index in [2.05, 4.69) is 80.9 Å². The number of anilines is 1. The van der Waals surface area contributed by atoms with Crippen molar-refractivity contribution >= 4 is 151 Å². The zero-order valence-corrected chi connectivity index (χ0v) is 82.4. The van der Waals surface area contributed by atoms with E-state index in [0.29, 0.717) is 118 Å². The minimum Gasteiger partial charge on any atom is -0.390 e. The number of likely N-dealkylation sites (tertiary alicyclic amines) is 3. The van der Waals surface area contributed by atoms with Crippen LogP contribution in [0, 0.1) is 23.2 Å². The van der Waals surface area contributed by atoms with Gasteiger partial charge in [0.1, 0.15) is 85.9 Å². The van der Waals surface area contributed by atoms with E-state index in [0.717, 1.165) is 33.5 Å². The molecule has 17 aromatic rings. The molecule has 0 bridgehead atoms. The van der Waals surface area contributed by atoms with E-state index in [1.165, 1.54) is 31.6 Å². The van der Waals surface area contributed by atoms with E-state index < -0.39 is 47.0 Å². The number of aliphatic hydroxyl groups is 3. The second kappa shape index (κ2) is 43.3. The summed E-state index contributed by atoms with van der Waals surface area (Å²) in [5.74, 6) is -0.718. The normalized spacial score (nSPS) is 15.3. The molecule has 3 aliphatic heterocycles. The maximum atomic E-state index is 13.8. The Kier molecular flexibility index (Phi) is 30.5. The molecule has 736 valence electrons. The number of aromatic amines is 10. The van der Waals surface area contributed by atoms with Gasteiger partial charge in [-0.25, -0.2) is 24.9 Å². The van der Waals surface area contributed by atoms with Crippen molar-refractivity contribution in [1.82, 2.24) is 123 Å². The number of pyridine rings is 1. The second-order valence-corrected chi connectivity index (χ2v) is 37.5. The number of H-pyrrole nitrogens is 10. The number of hydrogen-bond donors (Lipinski definition) is 13. The van der Waals surface area contributed by atoms with E-state index in [1.54, 1.807) is 86.6 Å². The van der Waals surface area contributed by atoms with Crippen molar-refractivity contribution in [1.29, 1.82) is 0 Å². The third-order valence-electron chi connectivity index (χ3n) is 25.8. The average Bonchev–Trinajstić information content (AvgIpc) is 1.47. The number of piperidine rings is 3. The maximum absolute atomic E-state index is 13.8. The topological polar surface area (TPSA) is 507 Å². The van der Waals surface area contributed by atoms with Crippen molar-refractivity contribution in [2.24, 2.45) is 0 Å². The highest BCUT2D eigenvalue weighted by molar-refractivity contribution is 7.72. The number of benzene rings is 6. The van der Waals surface area contributed by atoms with Crippen LogP contribution in [-0.2, 0) is 29.6 Å². The summed E-state index contributed by atoms with van der Waals surface area (Å²) in [5, 5.41) is 58.7. The summed E-state index contributed by atoms with van der Waals surface area (Å²) in [6, 6.07) is 57.7. The van der Waals surface area contributed by atoms with E-state index in [1.807, 2.05) is 209 Å². The molecule has 39 nitrogen and oxygen atoms in total. The van der Waals surface area contributed by atoms with Gasteiger partial charge in [0.25, 0.3) is 39.6 Å². The van der Waals surface area contributed by atoms with Gasteiger partial charge in [0.15, 0.2) is 28.2 Å². The molecule has 3 aliphatic rings. The lowest BCUT2D eigenvalue weighted by molar-refractivity contribution is -0.139. The van der Waals surface area contributed by atoms with E-state index >= 15 is 0 Å². The van der Waals surface area contributed by atoms with Crippen molar-refractivity contribution < 1.29 is 39.3 Å². The number of aromatic nitrogens is 21. The zero-order chi connectivity index (χ0) is 101. The summed E-state index contributed by atoms with van der Waals surface area (Å²) in [5.41, 5.74) is 2.57. The molecule has 3 fully saturated rings. The first kappa shape index (κ1) is 101. The number of carbonyl (C=O) groups excluding carboxylic acids is 5. The number of para-hydroxylation sites is 1. The molecule has 5 amide bonds. The van der Waals surface area contributed by atoms with Gasteiger partial charge in [-0.05, 0) is 125 Å². The minimum atomic E-state index is -1.07. The van der Waals surface area contributed by atoms with Gasteiger partial charge >= 0.3 is 0 Å². The summed E-state index contributed by atoms with van der Waals surface area (Å²) < 4.78 is 9.13. The number of nitrogens with one attached hydrogen (secondary N) is 10. The number of amides is 5. The standard InChI is InChI=1S/C23H22N6O3S.C20H17N5O2S.2C19H21N5O3S.C18H21N5O2S/c30-20-17-19(26-27-20)25-14-29(22(17)33)18(15-6-2-1-3-7-15)21(31)28-12-9-23(32,10-13-28)16-8-4-5-11-24-16;1-24(14-10-6-3-7-11-14)19(27)16(13-8-4-2-5-9-13)25-12-21-17-15(20(25)28)18(26)23-22-17;2*1-19(27)7-9-23(10-8-19)17(26)14(12-5-3-2-4-6-12)24-11-20-15-13(18(24)28)16(25)22-21-15;1-4-22(11(2)3)17(25)14(12-8-6-5-7-9-12)23-10-19-15-13(18(23)26)16(24)21-20-15/h1-8,11,14,18,32H,9-10,12-13H2,(H2,26,27,30);2-12,16H,1H3,(H2,22,23,26);2*2-6,11,14,27H,7-10H2,1H3,(H2,21,22,25);5-11,14H,4H2,1-3H3,(H2,20,21,24). The number of rotatable bonds is 19. The van der Waals surface area contributed by atoms with Crippen LogP contribution in [0.4, 0.5) is 5.69 Å². The Hall–Kier alpha value is -15.5. The smallest absolute Gasteiger partial charge is 0.276 e. The van der Waals surface area contributed by atoms with Crippen LogP contribution in [-0.4, -0.2) is 238 Å². The number of nitrogens with zero attached hydrogens (tertiary/aromatic N) is 16. The van der Waals surface area contributed by atoms with Gasteiger partial charge in [-0.3, -0.25) is 104 Å². The van der Waals surface area contributed by atoms with Crippen LogP contribution in [0.2, 0.25) is 0 Å². The fourth-order valence-corrected chi connectivity index (χ4v) is 19.5. The molecule has 0 aliphatic carbocycles. The highest BCUT2D eigenvalue weighted by atomic mass is 32.1. The molecule has 13 N–H and O–H groups in total. The van der Waals surface area contributed by atoms with Crippen molar-refractivity contribution in [3.63, 3.8) is 0 Å². The lowest BCUT2D eigenvalue weighted by Gasteiger charge is -2.39. The molecule has 44 heteroatoms.